The Morgan fingerprint density at radius 3 is 2.50 bits per heavy atom. The molecule has 100 valence electrons. The fraction of sp³-hybridized carbons (Fsp3) is 0.500. The van der Waals surface area contributed by atoms with E-state index in [1.807, 2.05) is 13.8 Å². The molecule has 1 rings (SSSR count). The second kappa shape index (κ2) is 5.87. The van der Waals surface area contributed by atoms with Crippen molar-refractivity contribution in [3.05, 3.63) is 29.3 Å². The molecule has 0 aromatic heterocycles. The van der Waals surface area contributed by atoms with Crippen molar-refractivity contribution in [2.24, 2.45) is 0 Å². The van der Waals surface area contributed by atoms with E-state index in [2.05, 4.69) is 5.32 Å². The lowest BCUT2D eigenvalue weighted by Gasteiger charge is -2.25. The van der Waals surface area contributed by atoms with Gasteiger partial charge in [0.15, 0.2) is 0 Å². The van der Waals surface area contributed by atoms with E-state index in [1.54, 1.807) is 25.1 Å². The number of hydrogen-bond donors (Lipinski definition) is 3. The quantitative estimate of drug-likeness (QED) is 0.749. The second-order valence-corrected chi connectivity index (χ2v) is 4.56. The van der Waals surface area contributed by atoms with Crippen molar-refractivity contribution >= 4 is 5.91 Å². The topological polar surface area (TPSA) is 69.6 Å². The van der Waals surface area contributed by atoms with Crippen LogP contribution >= 0.6 is 0 Å². The summed E-state index contributed by atoms with van der Waals surface area (Å²) in [7, 11) is 0. The van der Waals surface area contributed by atoms with E-state index in [4.69, 9.17) is 0 Å². The zero-order chi connectivity index (χ0) is 13.8. The Hall–Kier alpha value is -1.55. The number of phenols is 1. The molecule has 0 saturated heterocycles. The highest BCUT2D eigenvalue weighted by molar-refractivity contribution is 5.96. The Labute approximate surface area is 108 Å². The number of benzene rings is 1. The van der Waals surface area contributed by atoms with Crippen molar-refractivity contribution in [3.8, 4) is 5.75 Å². The highest BCUT2D eigenvalue weighted by Crippen LogP contribution is 2.20. The molecule has 0 aliphatic rings. The maximum Gasteiger partial charge on any atom is 0.251 e. The van der Waals surface area contributed by atoms with Crippen LogP contribution in [-0.4, -0.2) is 28.3 Å². The number of amides is 1. The van der Waals surface area contributed by atoms with Gasteiger partial charge in [0.25, 0.3) is 5.91 Å². The second-order valence-electron chi connectivity index (χ2n) is 4.56. The maximum atomic E-state index is 12.0. The molecule has 0 aliphatic heterocycles. The zero-order valence-corrected chi connectivity index (χ0v) is 11.2. The molecule has 0 radical (unpaired) electrons. The molecule has 1 aromatic carbocycles. The van der Waals surface area contributed by atoms with Crippen molar-refractivity contribution in [2.75, 3.05) is 6.54 Å². The molecule has 18 heavy (non-hydrogen) atoms. The fourth-order valence-corrected chi connectivity index (χ4v) is 1.71. The molecule has 0 bridgehead atoms. The number of phenolic OH excluding ortho intramolecular Hbond substituents is 1. The molecule has 4 heteroatoms. The first kappa shape index (κ1) is 14.5. The first-order chi connectivity index (χ1) is 8.43. The van der Waals surface area contributed by atoms with E-state index < -0.39 is 5.60 Å². The SMILES string of the molecule is CCC(O)(CC)CNC(=O)c1cccc(O)c1C. The summed E-state index contributed by atoms with van der Waals surface area (Å²) in [4.78, 5) is 12.0. The van der Waals surface area contributed by atoms with Gasteiger partial charge in [-0.05, 0) is 31.9 Å². The fourth-order valence-electron chi connectivity index (χ4n) is 1.71. The number of carbonyl (C=O) groups excluding carboxylic acids is 1. The van der Waals surface area contributed by atoms with Gasteiger partial charge in [-0.3, -0.25) is 4.79 Å². The molecule has 0 aliphatic carbocycles. The Balaban J connectivity index is 2.75. The molecule has 0 fully saturated rings. The van der Waals surface area contributed by atoms with Crippen molar-refractivity contribution in [1.29, 1.82) is 0 Å². The average molecular weight is 251 g/mol. The molecular formula is C14H21NO3. The number of nitrogens with one attached hydrogen (secondary N) is 1. The molecule has 0 spiro atoms. The maximum absolute atomic E-state index is 12.0. The lowest BCUT2D eigenvalue weighted by molar-refractivity contribution is 0.0314. The van der Waals surface area contributed by atoms with E-state index in [0.29, 0.717) is 24.0 Å². The number of aromatic hydroxyl groups is 1. The van der Waals surface area contributed by atoms with Gasteiger partial charge < -0.3 is 15.5 Å². The van der Waals surface area contributed by atoms with Gasteiger partial charge in [-0.25, -0.2) is 0 Å². The van der Waals surface area contributed by atoms with Crippen molar-refractivity contribution in [1.82, 2.24) is 5.32 Å². The van der Waals surface area contributed by atoms with Gasteiger partial charge >= 0.3 is 0 Å². The lowest BCUT2D eigenvalue weighted by Crippen LogP contribution is -2.42. The smallest absolute Gasteiger partial charge is 0.251 e. The molecule has 1 amide bonds. The third-order valence-corrected chi connectivity index (χ3v) is 3.44. The van der Waals surface area contributed by atoms with Gasteiger partial charge in [0, 0.05) is 17.7 Å². The molecule has 0 heterocycles. The Morgan fingerprint density at radius 2 is 1.94 bits per heavy atom. The van der Waals surface area contributed by atoms with E-state index in [1.165, 1.54) is 0 Å². The Morgan fingerprint density at radius 1 is 1.33 bits per heavy atom. The van der Waals surface area contributed by atoms with Crippen molar-refractivity contribution in [3.63, 3.8) is 0 Å². The third-order valence-electron chi connectivity index (χ3n) is 3.44. The van der Waals surface area contributed by atoms with Gasteiger partial charge in [0.2, 0.25) is 0 Å². The van der Waals surface area contributed by atoms with Gasteiger partial charge in [-0.15, -0.1) is 0 Å². The largest absolute Gasteiger partial charge is 0.508 e. The molecule has 1 aromatic rings. The van der Waals surface area contributed by atoms with Crippen LogP contribution in [0.15, 0.2) is 18.2 Å². The monoisotopic (exact) mass is 251 g/mol. The summed E-state index contributed by atoms with van der Waals surface area (Å²) in [5.74, 6) is -0.174. The minimum absolute atomic E-state index is 0.101. The van der Waals surface area contributed by atoms with Gasteiger partial charge in [-0.1, -0.05) is 19.9 Å². The van der Waals surface area contributed by atoms with E-state index in [9.17, 15) is 15.0 Å². The van der Waals surface area contributed by atoms with Crippen LogP contribution < -0.4 is 5.32 Å². The molecule has 0 unspecified atom stereocenters. The Bertz CT molecular complexity index is 425. The first-order valence-electron chi connectivity index (χ1n) is 6.22. The van der Waals surface area contributed by atoms with Crippen LogP contribution in [0.25, 0.3) is 0 Å². The normalized spacial score (nSPS) is 11.3. The summed E-state index contributed by atoms with van der Waals surface area (Å²) >= 11 is 0. The zero-order valence-electron chi connectivity index (χ0n) is 11.2. The predicted molar refractivity (Wildman–Crippen MR) is 70.7 cm³/mol. The molecular weight excluding hydrogens is 230 g/mol. The van der Waals surface area contributed by atoms with Gasteiger partial charge in [0.1, 0.15) is 5.75 Å². The summed E-state index contributed by atoms with van der Waals surface area (Å²) in [6, 6.07) is 4.82. The van der Waals surface area contributed by atoms with Gasteiger partial charge in [-0.2, -0.15) is 0 Å². The molecule has 3 N–H and O–H groups in total. The van der Waals surface area contributed by atoms with E-state index >= 15 is 0 Å². The van der Waals surface area contributed by atoms with E-state index in [-0.39, 0.29) is 18.2 Å². The standard InChI is InChI=1S/C14H21NO3/c1-4-14(18,5-2)9-15-13(17)11-7-6-8-12(16)10(11)3/h6-8,16,18H,4-5,9H2,1-3H3,(H,15,17). The van der Waals surface area contributed by atoms with Crippen LogP contribution in [0.5, 0.6) is 5.75 Å². The van der Waals surface area contributed by atoms with Crippen LogP contribution in [0.1, 0.15) is 42.6 Å². The molecule has 4 nitrogen and oxygen atoms in total. The summed E-state index contributed by atoms with van der Waals surface area (Å²) in [5.41, 5.74) is 0.122. The summed E-state index contributed by atoms with van der Waals surface area (Å²) in [6.07, 6.45) is 1.17. The summed E-state index contributed by atoms with van der Waals surface area (Å²) in [6.45, 7) is 5.68. The van der Waals surface area contributed by atoms with Crippen LogP contribution in [0.3, 0.4) is 0 Å². The Kier molecular flexibility index (Phi) is 4.73. The first-order valence-corrected chi connectivity index (χ1v) is 6.22. The highest BCUT2D eigenvalue weighted by atomic mass is 16.3. The lowest BCUT2D eigenvalue weighted by atomic mass is 9.97. The average Bonchev–Trinajstić information content (AvgIpc) is 2.39. The minimum Gasteiger partial charge on any atom is -0.508 e. The van der Waals surface area contributed by atoms with Crippen molar-refractivity contribution in [2.45, 2.75) is 39.2 Å². The van der Waals surface area contributed by atoms with Crippen molar-refractivity contribution < 1.29 is 15.0 Å². The number of carbonyl (C=O) groups is 1. The van der Waals surface area contributed by atoms with Gasteiger partial charge in [0.05, 0.1) is 5.60 Å². The van der Waals surface area contributed by atoms with E-state index in [0.717, 1.165) is 0 Å². The van der Waals surface area contributed by atoms with Crippen LogP contribution in [0.4, 0.5) is 0 Å². The summed E-state index contributed by atoms with van der Waals surface area (Å²) < 4.78 is 0. The number of aliphatic hydroxyl groups is 1. The van der Waals surface area contributed by atoms with Crippen LogP contribution in [0, 0.1) is 6.92 Å². The van der Waals surface area contributed by atoms with Crippen LogP contribution in [-0.2, 0) is 0 Å². The molecule has 0 saturated carbocycles. The van der Waals surface area contributed by atoms with Crippen LogP contribution in [0.2, 0.25) is 0 Å². The summed E-state index contributed by atoms with van der Waals surface area (Å²) in [5, 5.41) is 22.3. The minimum atomic E-state index is -0.861. The number of rotatable bonds is 5. The predicted octanol–water partition coefficient (Wildman–Crippen LogP) is 1.98. The molecule has 0 atom stereocenters. The number of hydrogen-bond acceptors (Lipinski definition) is 3. The highest BCUT2D eigenvalue weighted by Gasteiger charge is 2.23. The third kappa shape index (κ3) is 3.23.